The Morgan fingerprint density at radius 2 is 1.85 bits per heavy atom. The maximum absolute atomic E-state index is 14.8. The summed E-state index contributed by atoms with van der Waals surface area (Å²) in [6, 6.07) is 1.44. The molecule has 15 heteroatoms. The molecule has 176 valence electrons. The normalized spacial score (nSPS) is 13.4. The Morgan fingerprint density at radius 1 is 1.18 bits per heavy atom. The fourth-order valence-corrected chi connectivity index (χ4v) is 3.31. The number of thiocarbonyl (C=S) groups is 1. The summed E-state index contributed by atoms with van der Waals surface area (Å²) in [7, 11) is 0. The number of carbonyl (C=O) groups excluding carboxylic acids is 3. The highest BCUT2D eigenvalue weighted by molar-refractivity contribution is 7.80. The maximum Gasteiger partial charge on any atom is 0.312 e. The highest BCUT2D eigenvalue weighted by Crippen LogP contribution is 2.27. The molecule has 0 unspecified atom stereocenters. The number of amides is 3. The largest absolute Gasteiger partial charge is 0.401 e. The minimum Gasteiger partial charge on any atom is -0.401 e. The van der Waals surface area contributed by atoms with Gasteiger partial charge >= 0.3 is 6.03 Å². The Kier molecular flexibility index (Phi) is 7.66. The smallest absolute Gasteiger partial charge is 0.312 e. The van der Waals surface area contributed by atoms with Crippen LogP contribution in [0.25, 0.3) is 5.69 Å². The molecule has 4 N–H and O–H groups in total. The number of benzene rings is 1. The van der Waals surface area contributed by atoms with Crippen LogP contribution < -0.4 is 21.3 Å². The van der Waals surface area contributed by atoms with Gasteiger partial charge in [0.15, 0.2) is 11.6 Å². The topological polar surface area (TPSA) is 148 Å². The van der Waals surface area contributed by atoms with E-state index in [1.54, 1.807) is 0 Å². The van der Waals surface area contributed by atoms with E-state index < -0.39 is 17.7 Å². The van der Waals surface area contributed by atoms with Crippen molar-refractivity contribution in [3.05, 3.63) is 35.7 Å². The Balaban J connectivity index is 1.64. The SMILES string of the molecule is NC(=O)NCC(=O)N1CCN(c2c(F)cc(-n3cc(CNC(=S)OC=O)nn3)cc2F)CC1. The summed E-state index contributed by atoms with van der Waals surface area (Å²) in [6.07, 6.45) is 1.44. The van der Waals surface area contributed by atoms with Gasteiger partial charge in [-0.3, -0.25) is 9.59 Å². The van der Waals surface area contributed by atoms with Crippen molar-refractivity contribution < 1.29 is 27.9 Å². The van der Waals surface area contributed by atoms with Crippen molar-refractivity contribution in [3.63, 3.8) is 0 Å². The molecule has 1 saturated heterocycles. The first-order chi connectivity index (χ1) is 15.8. The lowest BCUT2D eigenvalue weighted by Crippen LogP contribution is -2.52. The van der Waals surface area contributed by atoms with E-state index in [1.807, 2.05) is 0 Å². The summed E-state index contributed by atoms with van der Waals surface area (Å²) >= 11 is 4.74. The fraction of sp³-hybridized carbons (Fsp3) is 0.333. The first-order valence-electron chi connectivity index (χ1n) is 9.63. The van der Waals surface area contributed by atoms with E-state index in [9.17, 15) is 23.2 Å². The molecule has 3 amide bonds. The van der Waals surface area contributed by atoms with E-state index in [0.717, 1.165) is 12.1 Å². The molecule has 2 aromatic rings. The average Bonchev–Trinajstić information content (AvgIpc) is 3.25. The lowest BCUT2D eigenvalue weighted by atomic mass is 10.2. The van der Waals surface area contributed by atoms with E-state index in [4.69, 9.17) is 18.0 Å². The van der Waals surface area contributed by atoms with Gasteiger partial charge in [-0.05, 0) is 12.2 Å². The molecule has 1 aromatic carbocycles. The van der Waals surface area contributed by atoms with Gasteiger partial charge in [-0.15, -0.1) is 5.10 Å². The molecule has 1 aliphatic rings. The number of primary amides is 1. The van der Waals surface area contributed by atoms with E-state index >= 15 is 0 Å². The highest BCUT2D eigenvalue weighted by Gasteiger charge is 2.25. The first kappa shape index (κ1) is 23.8. The number of urea groups is 1. The molecule has 0 bridgehead atoms. The van der Waals surface area contributed by atoms with Crippen molar-refractivity contribution in [1.82, 2.24) is 30.5 Å². The standard InChI is InChI=1S/C18H20F2N8O4S/c19-13-5-12(28-9-11(24-25-28)7-23-18(33)32-10-29)6-14(20)16(13)27-3-1-26(2-4-27)15(30)8-22-17(21)31/h5-6,9-10H,1-4,7-8H2,(H,23,33)(H3,21,22,31). The van der Waals surface area contributed by atoms with Crippen molar-refractivity contribution in [1.29, 1.82) is 0 Å². The molecular weight excluding hydrogens is 462 g/mol. The van der Waals surface area contributed by atoms with Gasteiger partial charge in [0.2, 0.25) is 5.91 Å². The quantitative estimate of drug-likeness (QED) is 0.348. The third kappa shape index (κ3) is 6.09. The molecule has 1 aromatic heterocycles. The van der Waals surface area contributed by atoms with Gasteiger partial charge in [0.25, 0.3) is 11.6 Å². The second-order valence-electron chi connectivity index (χ2n) is 6.85. The summed E-state index contributed by atoms with van der Waals surface area (Å²) < 4.78 is 35.3. The molecule has 0 radical (unpaired) electrons. The number of carbonyl (C=O) groups is 3. The van der Waals surface area contributed by atoms with Crippen molar-refractivity contribution in [2.45, 2.75) is 6.54 Å². The van der Waals surface area contributed by atoms with Gasteiger partial charge < -0.3 is 30.9 Å². The zero-order valence-corrected chi connectivity index (χ0v) is 18.0. The number of aromatic nitrogens is 3. The van der Waals surface area contributed by atoms with Crippen molar-refractivity contribution >= 4 is 41.5 Å². The number of halogens is 2. The predicted octanol–water partition coefficient (Wildman–Crippen LogP) is -0.590. The maximum atomic E-state index is 14.8. The number of ether oxygens (including phenoxy) is 1. The number of piperazine rings is 1. The molecule has 1 aliphatic heterocycles. The fourth-order valence-electron chi connectivity index (χ4n) is 3.19. The second kappa shape index (κ2) is 10.6. The van der Waals surface area contributed by atoms with E-state index in [1.165, 1.54) is 20.7 Å². The number of nitrogens with two attached hydrogens (primary N) is 1. The van der Waals surface area contributed by atoms with Crippen LogP contribution in [0, 0.1) is 11.6 Å². The minimum atomic E-state index is -0.808. The molecule has 1 fully saturated rings. The van der Waals surface area contributed by atoms with Crippen molar-refractivity contribution in [2.75, 3.05) is 37.6 Å². The van der Waals surface area contributed by atoms with Gasteiger partial charge in [0, 0.05) is 38.3 Å². The van der Waals surface area contributed by atoms with E-state index in [-0.39, 0.29) is 68.2 Å². The van der Waals surface area contributed by atoms with Crippen molar-refractivity contribution in [2.24, 2.45) is 5.73 Å². The summed E-state index contributed by atoms with van der Waals surface area (Å²) in [5.74, 6) is -1.92. The molecule has 0 atom stereocenters. The molecule has 0 saturated carbocycles. The number of hydrogen-bond donors (Lipinski definition) is 3. The number of hydrogen-bond acceptors (Lipinski definition) is 8. The molecule has 12 nitrogen and oxygen atoms in total. The van der Waals surface area contributed by atoms with Crippen LogP contribution in [0.4, 0.5) is 19.3 Å². The van der Waals surface area contributed by atoms with Crippen LogP contribution in [0.1, 0.15) is 5.69 Å². The second-order valence-corrected chi connectivity index (χ2v) is 7.22. The van der Waals surface area contributed by atoms with Crippen LogP contribution >= 0.6 is 12.2 Å². The summed E-state index contributed by atoms with van der Waals surface area (Å²) in [4.78, 5) is 36.0. The summed E-state index contributed by atoms with van der Waals surface area (Å²) in [6.45, 7) is 0.906. The number of nitrogens with zero attached hydrogens (tertiary/aromatic N) is 5. The number of anilines is 1. The lowest BCUT2D eigenvalue weighted by Gasteiger charge is -2.36. The third-order valence-electron chi connectivity index (χ3n) is 4.74. The zero-order valence-electron chi connectivity index (χ0n) is 17.2. The highest BCUT2D eigenvalue weighted by atomic mass is 32.1. The molecule has 0 spiro atoms. The van der Waals surface area contributed by atoms with Crippen LogP contribution in [-0.2, 0) is 20.9 Å². The van der Waals surface area contributed by atoms with Crippen LogP contribution in [-0.4, -0.2) is 76.2 Å². The Bertz CT molecular complexity index is 1030. The predicted molar refractivity (Wildman–Crippen MR) is 114 cm³/mol. The monoisotopic (exact) mass is 482 g/mol. The molecule has 3 rings (SSSR count). The average molecular weight is 482 g/mol. The molecule has 2 heterocycles. The van der Waals surface area contributed by atoms with Crippen LogP contribution in [0.5, 0.6) is 0 Å². The van der Waals surface area contributed by atoms with Crippen LogP contribution in [0.3, 0.4) is 0 Å². The number of nitrogens with one attached hydrogen (secondary N) is 2. The summed E-state index contributed by atoms with van der Waals surface area (Å²) in [5, 5.41) is 12.4. The number of rotatable bonds is 7. The molecule has 33 heavy (non-hydrogen) atoms. The first-order valence-corrected chi connectivity index (χ1v) is 10.0. The Labute approximate surface area is 191 Å². The minimum absolute atomic E-state index is 0.0910. The third-order valence-corrected chi connectivity index (χ3v) is 4.98. The zero-order chi connectivity index (χ0) is 24.0. The van der Waals surface area contributed by atoms with Crippen LogP contribution in [0.15, 0.2) is 18.3 Å². The van der Waals surface area contributed by atoms with E-state index in [0.29, 0.717) is 5.69 Å². The van der Waals surface area contributed by atoms with E-state index in [2.05, 4.69) is 25.7 Å². The van der Waals surface area contributed by atoms with Gasteiger partial charge in [-0.1, -0.05) is 5.21 Å². The molecular formula is C18H20F2N8O4S. The molecule has 0 aliphatic carbocycles. The van der Waals surface area contributed by atoms with Crippen molar-refractivity contribution in [3.8, 4) is 5.69 Å². The lowest BCUT2D eigenvalue weighted by molar-refractivity contribution is -0.130. The van der Waals surface area contributed by atoms with Gasteiger partial charge in [0.05, 0.1) is 25.0 Å². The van der Waals surface area contributed by atoms with Gasteiger partial charge in [-0.2, -0.15) is 0 Å². The van der Waals surface area contributed by atoms with Gasteiger partial charge in [-0.25, -0.2) is 18.3 Å². The summed E-state index contributed by atoms with van der Waals surface area (Å²) in [5.41, 5.74) is 5.25. The Morgan fingerprint density at radius 3 is 2.45 bits per heavy atom. The Hall–Kier alpha value is -3.88. The van der Waals surface area contributed by atoms with Gasteiger partial charge in [0.1, 0.15) is 11.4 Å². The van der Waals surface area contributed by atoms with Crippen LogP contribution in [0.2, 0.25) is 0 Å².